The van der Waals surface area contributed by atoms with E-state index in [0.717, 1.165) is 5.56 Å². The molecule has 0 unspecified atom stereocenters. The average Bonchev–Trinajstić information content (AvgIpc) is 1.83. The highest BCUT2D eigenvalue weighted by Gasteiger charge is 2.04. The lowest BCUT2D eigenvalue weighted by molar-refractivity contribution is 1.06. The molecule has 0 aliphatic heterocycles. The maximum Gasteiger partial charge on any atom is 0.103 e. The van der Waals surface area contributed by atoms with Crippen molar-refractivity contribution in [2.45, 2.75) is 6.92 Å². The van der Waals surface area contributed by atoms with Gasteiger partial charge in [0.25, 0.3) is 0 Å². The molecule has 0 spiro atoms. The molecule has 0 fully saturated rings. The molecule has 1 aromatic carbocycles. The first kappa shape index (κ1) is 5.03. The van der Waals surface area contributed by atoms with Crippen molar-refractivity contribution in [3.8, 4) is 0 Å². The Kier molecular flexibility index (Phi) is 0.743. The Morgan fingerprint density at radius 2 is 1.75 bits per heavy atom. The Morgan fingerprint density at radius 1 is 1.25 bits per heavy atom. The molecule has 0 bridgehead atoms. The number of hydrogen-bond acceptors (Lipinski definition) is 3. The number of nitrogens with two attached hydrogens (primary N) is 1. The predicted molar refractivity (Wildman–Crippen MR) is 29.7 cm³/mol. The summed E-state index contributed by atoms with van der Waals surface area (Å²) in [5.41, 5.74) is 6.48. The van der Waals surface area contributed by atoms with Crippen LogP contribution in [0.5, 0.6) is 0 Å². The Balaban J connectivity index is 3.48. The Morgan fingerprint density at radius 3 is 1.88 bits per heavy atom. The highest BCUT2D eigenvalue weighted by atomic mass is 14.6. The van der Waals surface area contributed by atoms with Gasteiger partial charge in [0, 0.05) is 5.56 Å². The Hall–Kier alpha value is -1.12. The molecule has 0 amide bonds. The molecule has 0 atom stereocenters. The first-order chi connectivity index (χ1) is 3.64. The van der Waals surface area contributed by atoms with Crippen LogP contribution >= 0.6 is 0 Å². The summed E-state index contributed by atoms with van der Waals surface area (Å²) in [6.45, 7) is 1.75. The normalized spacial score (nSPS) is 10.1. The smallest absolute Gasteiger partial charge is 0.103 e. The van der Waals surface area contributed by atoms with E-state index in [0.29, 0.717) is 5.69 Å². The third kappa shape index (κ3) is 0.332. The van der Waals surface area contributed by atoms with Crippen molar-refractivity contribution in [3.05, 3.63) is 16.3 Å². The molecule has 3 nitrogen and oxygen atoms in total. The molecular weight excluding hydrogens is 102 g/mol. The molecule has 0 saturated carbocycles. The van der Waals surface area contributed by atoms with Crippen molar-refractivity contribution >= 4 is 5.69 Å². The molecule has 0 saturated heterocycles. The van der Waals surface area contributed by atoms with E-state index in [4.69, 9.17) is 16.6 Å². The van der Waals surface area contributed by atoms with E-state index in [-0.39, 0.29) is 10.7 Å². The summed E-state index contributed by atoms with van der Waals surface area (Å²) >= 11 is 0. The Bertz CT molecular complexity index is 248. The second-order valence-corrected chi connectivity index (χ2v) is 1.79. The fraction of sp³-hybridized carbons (Fsp3) is 0.200. The van der Waals surface area contributed by atoms with Crippen LogP contribution in [0.2, 0.25) is 0 Å². The number of nitrogen functional groups attached to an aromatic ring is 1. The fourth-order valence-corrected chi connectivity index (χ4v) is 0.582. The minimum Gasteiger partial charge on any atom is -0.397 e. The van der Waals surface area contributed by atoms with E-state index in [9.17, 15) is 0 Å². The Labute approximate surface area is 46.5 Å². The van der Waals surface area contributed by atoms with E-state index in [1.165, 1.54) is 0 Å². The molecule has 0 aliphatic rings. The second kappa shape index (κ2) is 1.18. The molecule has 0 aromatic heterocycles. The predicted octanol–water partition coefficient (Wildman–Crippen LogP) is -0.588. The van der Waals surface area contributed by atoms with Gasteiger partial charge in [-0.05, 0) is 6.92 Å². The van der Waals surface area contributed by atoms with Crippen LogP contribution in [0.15, 0.2) is 0 Å². The van der Waals surface area contributed by atoms with Gasteiger partial charge in [0.1, 0.15) is 5.36 Å². The van der Waals surface area contributed by atoms with Crippen molar-refractivity contribution in [3.63, 3.8) is 0 Å². The molecule has 0 aliphatic carbocycles. The lowest BCUT2D eigenvalue weighted by atomic mass is 10.1. The molecule has 3 heteroatoms. The molecule has 4 N–H and O–H groups in total. The third-order valence-electron chi connectivity index (χ3n) is 1.30. The highest BCUT2D eigenvalue weighted by Crippen LogP contribution is 1.95. The molecule has 0 heterocycles. The van der Waals surface area contributed by atoms with Crippen LogP contribution in [0.1, 0.15) is 5.56 Å². The lowest BCUT2D eigenvalue weighted by Gasteiger charge is -2.01. The van der Waals surface area contributed by atoms with Gasteiger partial charge in [0.2, 0.25) is 0 Å². The number of anilines is 1. The van der Waals surface area contributed by atoms with Crippen LogP contribution in [0.4, 0.5) is 5.69 Å². The zero-order valence-electron chi connectivity index (χ0n) is 4.58. The fourth-order valence-electron chi connectivity index (χ4n) is 0.582. The highest BCUT2D eigenvalue weighted by molar-refractivity contribution is 5.48. The van der Waals surface area contributed by atoms with Gasteiger partial charge in [-0.2, -0.15) is 0 Å². The third-order valence-corrected chi connectivity index (χ3v) is 1.30. The average molecular weight is 109 g/mol. The summed E-state index contributed by atoms with van der Waals surface area (Å²) in [6, 6.07) is 0. The summed E-state index contributed by atoms with van der Waals surface area (Å²) < 4.78 is 0. The van der Waals surface area contributed by atoms with Gasteiger partial charge >= 0.3 is 0 Å². The van der Waals surface area contributed by atoms with Crippen LogP contribution in [0.3, 0.4) is 0 Å². The van der Waals surface area contributed by atoms with Crippen molar-refractivity contribution in [2.75, 3.05) is 5.73 Å². The molecule has 0 radical (unpaired) electrons. The monoisotopic (exact) mass is 109 g/mol. The van der Waals surface area contributed by atoms with Crippen LogP contribution in [0.25, 0.3) is 0 Å². The van der Waals surface area contributed by atoms with E-state index in [1.807, 2.05) is 0 Å². The van der Waals surface area contributed by atoms with Crippen molar-refractivity contribution in [2.24, 2.45) is 0 Å². The molecule has 42 valence electrons. The zero-order chi connectivity index (χ0) is 6.31. The largest absolute Gasteiger partial charge is 0.397 e. The molecule has 1 aromatic rings. The molecule has 1 rings (SSSR count). The first-order valence-corrected chi connectivity index (χ1v) is 2.29. The molecular formula is C5H7N3. The van der Waals surface area contributed by atoms with Crippen molar-refractivity contribution in [1.29, 1.82) is 10.8 Å². The van der Waals surface area contributed by atoms with Crippen LogP contribution in [-0.2, 0) is 0 Å². The summed E-state index contributed by atoms with van der Waals surface area (Å²) in [7, 11) is 0. The summed E-state index contributed by atoms with van der Waals surface area (Å²) in [5, 5.41) is 14.4. The standard InChI is InChI=1S/C5H7N3/c1-2-3(6)5(8)4(2)7/h6,8H,7H2,1H3. The van der Waals surface area contributed by atoms with Crippen molar-refractivity contribution in [1.82, 2.24) is 0 Å². The van der Waals surface area contributed by atoms with E-state index in [1.54, 1.807) is 6.92 Å². The maximum absolute atomic E-state index is 7.01. The van der Waals surface area contributed by atoms with E-state index in [2.05, 4.69) is 0 Å². The molecule has 8 heavy (non-hydrogen) atoms. The van der Waals surface area contributed by atoms with Crippen LogP contribution < -0.4 is 16.4 Å². The summed E-state index contributed by atoms with van der Waals surface area (Å²) in [6.07, 6.45) is 0. The van der Waals surface area contributed by atoms with Gasteiger partial charge in [-0.3, -0.25) is 10.8 Å². The topological polar surface area (TPSA) is 73.7 Å². The van der Waals surface area contributed by atoms with Gasteiger partial charge in [-0.1, -0.05) is 0 Å². The van der Waals surface area contributed by atoms with Gasteiger partial charge in [0.15, 0.2) is 0 Å². The van der Waals surface area contributed by atoms with Crippen LogP contribution in [0, 0.1) is 17.7 Å². The van der Waals surface area contributed by atoms with Gasteiger partial charge in [0.05, 0.1) is 11.0 Å². The van der Waals surface area contributed by atoms with Crippen LogP contribution in [-0.4, -0.2) is 0 Å². The lowest BCUT2D eigenvalue weighted by Crippen LogP contribution is -2.36. The van der Waals surface area contributed by atoms with Crippen molar-refractivity contribution < 1.29 is 0 Å². The zero-order valence-corrected chi connectivity index (χ0v) is 4.58. The van der Waals surface area contributed by atoms with Gasteiger partial charge in [-0.25, -0.2) is 0 Å². The number of nitrogens with one attached hydrogen (secondary N) is 2. The maximum atomic E-state index is 7.01. The number of hydrogen-bond donors (Lipinski definition) is 3. The second-order valence-electron chi connectivity index (χ2n) is 1.79. The first-order valence-electron chi connectivity index (χ1n) is 2.29. The minimum atomic E-state index is 0.183. The SMILES string of the molecule is Cc1c(N)c(=N)c1=N. The number of rotatable bonds is 0. The van der Waals surface area contributed by atoms with E-state index < -0.39 is 0 Å². The minimum absolute atomic E-state index is 0.183. The van der Waals surface area contributed by atoms with Gasteiger partial charge in [-0.15, -0.1) is 0 Å². The van der Waals surface area contributed by atoms with E-state index >= 15 is 0 Å². The summed E-state index contributed by atoms with van der Waals surface area (Å²) in [5.74, 6) is 0. The summed E-state index contributed by atoms with van der Waals surface area (Å²) in [4.78, 5) is 0. The quantitative estimate of drug-likeness (QED) is 0.409. The van der Waals surface area contributed by atoms with Gasteiger partial charge < -0.3 is 5.73 Å².